The lowest BCUT2D eigenvalue weighted by molar-refractivity contribution is -0.140. The molecule has 3 rings (SSSR count). The molecular weight excluding hydrogens is 444 g/mol. The van der Waals surface area contributed by atoms with Gasteiger partial charge in [-0.05, 0) is 60.1 Å². The summed E-state index contributed by atoms with van der Waals surface area (Å²) in [5, 5.41) is 0.188. The third-order valence-corrected chi connectivity index (χ3v) is 5.65. The Morgan fingerprint density at radius 3 is 2.09 bits per heavy atom. The van der Waals surface area contributed by atoms with Gasteiger partial charge in [0.25, 0.3) is 5.91 Å². The molecule has 0 aromatic heterocycles. The van der Waals surface area contributed by atoms with Crippen molar-refractivity contribution in [1.29, 1.82) is 0 Å². The molecule has 0 N–H and O–H groups in total. The zero-order valence-electron chi connectivity index (χ0n) is 19.2. The first-order valence-corrected chi connectivity index (χ1v) is 10.6. The van der Waals surface area contributed by atoms with Gasteiger partial charge >= 0.3 is 5.97 Å². The van der Waals surface area contributed by atoms with Crippen LogP contribution in [0.1, 0.15) is 18.1 Å². The highest BCUT2D eigenvalue weighted by molar-refractivity contribution is 7.80. The van der Waals surface area contributed by atoms with Crippen LogP contribution in [0.4, 0.5) is 5.69 Å². The molecule has 2 aromatic carbocycles. The van der Waals surface area contributed by atoms with Crippen molar-refractivity contribution < 1.29 is 28.5 Å². The molecule has 0 unspecified atom stereocenters. The first kappa shape index (κ1) is 24.1. The van der Waals surface area contributed by atoms with Gasteiger partial charge in [-0.1, -0.05) is 19.1 Å². The highest BCUT2D eigenvalue weighted by Gasteiger charge is 2.40. The Morgan fingerprint density at radius 1 is 1.00 bits per heavy atom. The summed E-state index contributed by atoms with van der Waals surface area (Å²) in [7, 11) is 5.81. The molecule has 0 atom stereocenters. The lowest BCUT2D eigenvalue weighted by Gasteiger charge is -2.19. The second-order valence-electron chi connectivity index (χ2n) is 7.09. The summed E-state index contributed by atoms with van der Waals surface area (Å²) >= 11 is 5.59. The Morgan fingerprint density at radius 2 is 1.61 bits per heavy atom. The van der Waals surface area contributed by atoms with Gasteiger partial charge in [0.15, 0.2) is 16.6 Å². The molecule has 1 aliphatic rings. The Kier molecular flexibility index (Phi) is 7.55. The number of nitrogens with zero attached hydrogens (tertiary/aromatic N) is 2. The molecule has 174 valence electrons. The van der Waals surface area contributed by atoms with E-state index in [0.717, 1.165) is 12.0 Å². The summed E-state index contributed by atoms with van der Waals surface area (Å²) in [6, 6.07) is 11.0. The molecule has 8 nitrogen and oxygen atoms in total. The number of methoxy groups -OCH3 is 4. The van der Waals surface area contributed by atoms with Gasteiger partial charge in [-0.15, -0.1) is 0 Å². The molecule has 1 fully saturated rings. The molecule has 0 aliphatic carbocycles. The number of aryl methyl sites for hydroxylation is 1. The average Bonchev–Trinajstić information content (AvgIpc) is 3.06. The van der Waals surface area contributed by atoms with Crippen molar-refractivity contribution >= 4 is 41.0 Å². The van der Waals surface area contributed by atoms with Crippen LogP contribution in [0.25, 0.3) is 6.08 Å². The van der Waals surface area contributed by atoms with E-state index in [9.17, 15) is 9.59 Å². The van der Waals surface area contributed by atoms with Crippen LogP contribution < -0.4 is 19.1 Å². The quantitative estimate of drug-likeness (QED) is 0.330. The van der Waals surface area contributed by atoms with Gasteiger partial charge in [0.2, 0.25) is 5.75 Å². The summed E-state index contributed by atoms with van der Waals surface area (Å²) in [6.07, 6.45) is 2.50. The van der Waals surface area contributed by atoms with E-state index in [4.69, 9.17) is 31.2 Å². The van der Waals surface area contributed by atoms with Gasteiger partial charge in [-0.3, -0.25) is 14.5 Å². The molecule has 1 aliphatic heterocycles. The fourth-order valence-corrected chi connectivity index (χ4v) is 3.83. The zero-order valence-corrected chi connectivity index (χ0v) is 20.0. The van der Waals surface area contributed by atoms with Crippen molar-refractivity contribution in [3.63, 3.8) is 0 Å². The minimum atomic E-state index is -0.524. The first-order chi connectivity index (χ1) is 15.9. The number of hydrogen-bond acceptors (Lipinski definition) is 7. The summed E-state index contributed by atoms with van der Waals surface area (Å²) in [5.74, 6) is 0.414. The monoisotopic (exact) mass is 470 g/mol. The number of esters is 1. The van der Waals surface area contributed by atoms with Crippen LogP contribution in [0.5, 0.6) is 17.2 Å². The largest absolute Gasteiger partial charge is 0.493 e. The Hall–Kier alpha value is -3.59. The van der Waals surface area contributed by atoms with Gasteiger partial charge in [0, 0.05) is 0 Å². The van der Waals surface area contributed by atoms with E-state index >= 15 is 0 Å². The topological polar surface area (TPSA) is 77.5 Å². The number of thiocarbonyl (C=S) groups is 1. The van der Waals surface area contributed by atoms with Gasteiger partial charge < -0.3 is 23.8 Å². The minimum absolute atomic E-state index is 0.188. The molecule has 0 radical (unpaired) electrons. The molecule has 0 spiro atoms. The highest BCUT2D eigenvalue weighted by atomic mass is 32.1. The Balaban J connectivity index is 2.10. The lowest BCUT2D eigenvalue weighted by atomic mass is 10.1. The molecular formula is C24H26N2O6S. The number of anilines is 1. The van der Waals surface area contributed by atoms with Crippen molar-refractivity contribution in [3.05, 3.63) is 53.2 Å². The van der Waals surface area contributed by atoms with Crippen LogP contribution in [0.3, 0.4) is 0 Å². The Bertz CT molecular complexity index is 1070. The van der Waals surface area contributed by atoms with E-state index in [2.05, 4.69) is 6.92 Å². The third-order valence-electron chi connectivity index (χ3n) is 5.24. The zero-order chi connectivity index (χ0) is 24.1. The molecule has 0 saturated carbocycles. The van der Waals surface area contributed by atoms with Crippen molar-refractivity contribution in [2.75, 3.05) is 39.9 Å². The van der Waals surface area contributed by atoms with Crippen molar-refractivity contribution in [3.8, 4) is 17.2 Å². The van der Waals surface area contributed by atoms with Crippen LogP contribution in [-0.4, -0.2) is 56.9 Å². The predicted molar refractivity (Wildman–Crippen MR) is 129 cm³/mol. The summed E-state index contributed by atoms with van der Waals surface area (Å²) in [4.78, 5) is 28.4. The number of carbonyl (C=O) groups is 2. The highest BCUT2D eigenvalue weighted by Crippen LogP contribution is 2.39. The van der Waals surface area contributed by atoms with E-state index in [1.807, 2.05) is 24.3 Å². The molecule has 33 heavy (non-hydrogen) atoms. The molecule has 2 aromatic rings. The maximum atomic E-state index is 13.5. The van der Waals surface area contributed by atoms with Crippen LogP contribution in [-0.2, 0) is 20.7 Å². The normalized spacial score (nSPS) is 14.6. The second kappa shape index (κ2) is 10.4. The third kappa shape index (κ3) is 4.78. The first-order valence-electron chi connectivity index (χ1n) is 10.2. The standard InChI is InChI=1S/C24H26N2O6S/c1-6-15-7-9-17(10-8-15)26-23(28)18(25(24(26)33)14-21(27)31-4)11-16-12-19(29-2)22(32-5)20(13-16)30-3/h7-13H,6,14H2,1-5H3/b18-11-. The van der Waals surface area contributed by atoms with E-state index in [1.165, 1.54) is 38.2 Å². The van der Waals surface area contributed by atoms with Gasteiger partial charge in [-0.2, -0.15) is 0 Å². The minimum Gasteiger partial charge on any atom is -0.493 e. The van der Waals surface area contributed by atoms with Crippen molar-refractivity contribution in [1.82, 2.24) is 4.90 Å². The number of amides is 1. The summed E-state index contributed by atoms with van der Waals surface area (Å²) < 4.78 is 21.0. The predicted octanol–water partition coefficient (Wildman–Crippen LogP) is 3.42. The van der Waals surface area contributed by atoms with Crippen LogP contribution in [0, 0.1) is 0 Å². The number of ether oxygens (including phenoxy) is 4. The van der Waals surface area contributed by atoms with Crippen molar-refractivity contribution in [2.24, 2.45) is 0 Å². The average molecular weight is 471 g/mol. The number of carbonyl (C=O) groups excluding carboxylic acids is 2. The molecule has 1 amide bonds. The van der Waals surface area contributed by atoms with E-state index < -0.39 is 5.97 Å². The fraction of sp³-hybridized carbons (Fsp3) is 0.292. The lowest BCUT2D eigenvalue weighted by Crippen LogP contribution is -2.35. The molecule has 1 heterocycles. The van der Waals surface area contributed by atoms with Crippen LogP contribution in [0.15, 0.2) is 42.1 Å². The van der Waals surface area contributed by atoms with Crippen molar-refractivity contribution in [2.45, 2.75) is 13.3 Å². The van der Waals surface area contributed by atoms with Gasteiger partial charge in [0.1, 0.15) is 12.2 Å². The fourth-order valence-electron chi connectivity index (χ4n) is 3.48. The molecule has 0 bridgehead atoms. The second-order valence-corrected chi connectivity index (χ2v) is 7.46. The molecule has 9 heteroatoms. The number of benzene rings is 2. The van der Waals surface area contributed by atoms with Crippen LogP contribution in [0.2, 0.25) is 0 Å². The Labute approximate surface area is 198 Å². The molecule has 1 saturated heterocycles. The van der Waals surface area contributed by atoms with E-state index in [0.29, 0.717) is 28.5 Å². The van der Waals surface area contributed by atoms with E-state index in [-0.39, 0.29) is 23.3 Å². The maximum absolute atomic E-state index is 13.5. The van der Waals surface area contributed by atoms with E-state index in [1.54, 1.807) is 18.2 Å². The number of rotatable bonds is 8. The smallest absolute Gasteiger partial charge is 0.325 e. The summed E-state index contributed by atoms with van der Waals surface area (Å²) in [6.45, 7) is 1.85. The van der Waals surface area contributed by atoms with Crippen LogP contribution >= 0.6 is 12.2 Å². The summed E-state index contributed by atoms with van der Waals surface area (Å²) in [5.41, 5.74) is 2.58. The van der Waals surface area contributed by atoms with Gasteiger partial charge in [-0.25, -0.2) is 0 Å². The SMILES string of the molecule is CCc1ccc(N2C(=O)/C(=C/c3cc(OC)c(OC)c(OC)c3)N(CC(=O)OC)C2=S)cc1. The number of hydrogen-bond donors (Lipinski definition) is 0. The van der Waals surface area contributed by atoms with Gasteiger partial charge in [0.05, 0.1) is 34.1 Å². The maximum Gasteiger partial charge on any atom is 0.325 e.